The summed E-state index contributed by atoms with van der Waals surface area (Å²) in [6.45, 7) is 11.4. The number of hydrogen-bond acceptors (Lipinski definition) is 4. The Hall–Kier alpha value is -3.41. The highest BCUT2D eigenvalue weighted by Crippen LogP contribution is 2.37. The second kappa shape index (κ2) is 9.81. The average Bonchev–Trinajstić information content (AvgIpc) is 3.05. The van der Waals surface area contributed by atoms with E-state index in [4.69, 9.17) is 9.84 Å². The second-order valence-corrected chi connectivity index (χ2v) is 8.79. The Morgan fingerprint density at radius 1 is 1.00 bits per heavy atom. The molecule has 1 heterocycles. The van der Waals surface area contributed by atoms with E-state index in [1.807, 2.05) is 69.3 Å². The Bertz CT molecular complexity index is 1090. The molecular weight excluding hydrogens is 402 g/mol. The molecule has 0 radical (unpaired) electrons. The van der Waals surface area contributed by atoms with E-state index in [0.29, 0.717) is 11.8 Å². The summed E-state index contributed by atoms with van der Waals surface area (Å²) < 4.78 is 7.39. The number of carbonyl (C=O) groups is 2. The molecule has 3 rings (SSSR count). The number of aromatic nitrogens is 2. The predicted molar refractivity (Wildman–Crippen MR) is 127 cm³/mol. The van der Waals surface area contributed by atoms with Gasteiger partial charge in [0.25, 0.3) is 0 Å². The Morgan fingerprint density at radius 3 is 2.16 bits per heavy atom. The Kier molecular flexibility index (Phi) is 7.13. The van der Waals surface area contributed by atoms with Crippen LogP contribution >= 0.6 is 0 Å². The Morgan fingerprint density at radius 2 is 1.62 bits per heavy atom. The molecule has 2 aromatic carbocycles. The fourth-order valence-electron chi connectivity index (χ4n) is 3.36. The zero-order chi connectivity index (χ0) is 23.4. The number of aryl methyl sites for hydroxylation is 1. The van der Waals surface area contributed by atoms with Gasteiger partial charge in [-0.3, -0.25) is 9.59 Å². The molecule has 0 bridgehead atoms. The highest BCUT2D eigenvalue weighted by molar-refractivity contribution is 5.92. The van der Waals surface area contributed by atoms with E-state index < -0.39 is 5.97 Å². The smallest absolute Gasteiger partial charge is 0.309 e. The molecule has 0 aliphatic heterocycles. The van der Waals surface area contributed by atoms with Crippen molar-refractivity contribution < 1.29 is 14.3 Å². The van der Waals surface area contributed by atoms with Gasteiger partial charge >= 0.3 is 5.97 Å². The molecule has 3 aromatic rings. The minimum Gasteiger partial charge on any atom is -0.407 e. The summed E-state index contributed by atoms with van der Waals surface area (Å²) in [5, 5.41) is 7.75. The molecule has 0 aliphatic rings. The van der Waals surface area contributed by atoms with Gasteiger partial charge in [0.1, 0.15) is 0 Å². The largest absolute Gasteiger partial charge is 0.407 e. The van der Waals surface area contributed by atoms with Crippen molar-refractivity contribution >= 4 is 17.6 Å². The van der Waals surface area contributed by atoms with Crippen molar-refractivity contribution in [2.75, 3.05) is 5.32 Å². The summed E-state index contributed by atoms with van der Waals surface area (Å²) in [5.74, 6) is 0.221. The topological polar surface area (TPSA) is 73.2 Å². The third-order valence-electron chi connectivity index (χ3n) is 5.00. The maximum Gasteiger partial charge on any atom is 0.309 e. The molecule has 0 saturated carbocycles. The highest BCUT2D eigenvalue weighted by Gasteiger charge is 2.24. The van der Waals surface area contributed by atoms with Gasteiger partial charge in [-0.15, -0.1) is 0 Å². The molecule has 0 atom stereocenters. The first-order valence-electron chi connectivity index (χ1n) is 10.9. The lowest BCUT2D eigenvalue weighted by molar-refractivity contribution is -0.132. The Balaban J connectivity index is 2.12. The molecule has 0 spiro atoms. The molecule has 0 fully saturated rings. The van der Waals surface area contributed by atoms with Crippen molar-refractivity contribution in [2.45, 2.75) is 48.0 Å². The molecule has 6 heteroatoms. The third kappa shape index (κ3) is 5.44. The molecule has 0 aliphatic carbocycles. The number of amides is 1. The number of esters is 1. The van der Waals surface area contributed by atoms with Crippen molar-refractivity contribution in [3.8, 4) is 22.7 Å². The zero-order valence-electron chi connectivity index (χ0n) is 19.6. The Labute approximate surface area is 189 Å². The number of ether oxygens (including phenoxy) is 1. The van der Waals surface area contributed by atoms with Crippen molar-refractivity contribution in [3.63, 3.8) is 0 Å². The van der Waals surface area contributed by atoms with Crippen LogP contribution in [-0.2, 0) is 16.0 Å². The summed E-state index contributed by atoms with van der Waals surface area (Å²) in [7, 11) is 0. The van der Waals surface area contributed by atoms with E-state index in [-0.39, 0.29) is 11.8 Å². The minimum absolute atomic E-state index is 0.0361. The molecule has 168 valence electrons. The summed E-state index contributed by atoms with van der Waals surface area (Å²) in [4.78, 5) is 24.0. The van der Waals surface area contributed by atoms with Crippen LogP contribution in [-0.4, -0.2) is 21.7 Å². The first-order chi connectivity index (χ1) is 15.2. The van der Waals surface area contributed by atoms with Crippen LogP contribution in [0.2, 0.25) is 0 Å². The quantitative estimate of drug-likeness (QED) is 0.495. The first kappa shape index (κ1) is 23.3. The monoisotopic (exact) mass is 433 g/mol. The summed E-state index contributed by atoms with van der Waals surface area (Å²) in [6.07, 6.45) is 0.730. The van der Waals surface area contributed by atoms with Crippen molar-refractivity contribution in [3.05, 3.63) is 59.8 Å². The maximum absolute atomic E-state index is 12.0. The number of hydrogen-bond donors (Lipinski definition) is 1. The minimum atomic E-state index is -0.406. The van der Waals surface area contributed by atoms with Gasteiger partial charge < -0.3 is 10.1 Å². The molecular formula is C26H31N3O3. The van der Waals surface area contributed by atoms with Crippen molar-refractivity contribution in [2.24, 2.45) is 11.8 Å². The lowest BCUT2D eigenvalue weighted by atomic mass is 9.99. The molecule has 6 nitrogen and oxygen atoms in total. The van der Waals surface area contributed by atoms with Crippen LogP contribution < -0.4 is 10.1 Å². The number of benzene rings is 2. The third-order valence-corrected chi connectivity index (χ3v) is 5.00. The van der Waals surface area contributed by atoms with Gasteiger partial charge in [-0.1, -0.05) is 57.5 Å². The number of anilines is 1. The van der Waals surface area contributed by atoms with Crippen LogP contribution in [0.4, 0.5) is 5.69 Å². The zero-order valence-corrected chi connectivity index (χ0v) is 19.6. The lowest BCUT2D eigenvalue weighted by Gasteiger charge is -2.11. The number of nitrogens with zero attached hydrogens (tertiary/aromatic N) is 2. The van der Waals surface area contributed by atoms with Crippen molar-refractivity contribution in [1.29, 1.82) is 0 Å². The fourth-order valence-corrected chi connectivity index (χ4v) is 3.36. The molecule has 1 amide bonds. The van der Waals surface area contributed by atoms with Gasteiger partial charge in [-0.2, -0.15) is 9.78 Å². The van der Waals surface area contributed by atoms with E-state index in [9.17, 15) is 9.59 Å². The number of rotatable bonds is 7. The standard InChI is InChI=1S/C26H31N3O3/c1-16(2)15-23-24(20-9-11-21(12-10-20)27-25(31)17(3)4)26(32-19(6)30)29(28-23)22-13-7-18(5)8-14-22/h7-14,16-17H,15H2,1-6H3,(H,27,31). The predicted octanol–water partition coefficient (Wildman–Crippen LogP) is 5.57. The van der Waals surface area contributed by atoms with Gasteiger partial charge in [-0.05, 0) is 49.1 Å². The van der Waals surface area contributed by atoms with Crippen LogP contribution in [0.1, 0.15) is 45.9 Å². The average molecular weight is 434 g/mol. The van der Waals surface area contributed by atoms with Gasteiger partial charge in [0, 0.05) is 18.5 Å². The van der Waals surface area contributed by atoms with E-state index in [0.717, 1.165) is 40.2 Å². The van der Waals surface area contributed by atoms with Crippen LogP contribution in [0.25, 0.3) is 16.8 Å². The number of carbonyl (C=O) groups excluding carboxylic acids is 2. The van der Waals surface area contributed by atoms with E-state index in [1.165, 1.54) is 6.92 Å². The molecule has 1 N–H and O–H groups in total. The van der Waals surface area contributed by atoms with Crippen LogP contribution in [0.15, 0.2) is 48.5 Å². The van der Waals surface area contributed by atoms with Gasteiger partial charge in [-0.25, -0.2) is 0 Å². The second-order valence-electron chi connectivity index (χ2n) is 8.79. The van der Waals surface area contributed by atoms with E-state index >= 15 is 0 Å². The normalized spacial score (nSPS) is 11.1. The molecule has 32 heavy (non-hydrogen) atoms. The lowest BCUT2D eigenvalue weighted by Crippen LogP contribution is -2.17. The molecule has 1 aromatic heterocycles. The summed E-state index contributed by atoms with van der Waals surface area (Å²) >= 11 is 0. The maximum atomic E-state index is 12.0. The molecule has 0 unspecified atom stereocenters. The fraction of sp³-hybridized carbons (Fsp3) is 0.346. The molecule has 0 saturated heterocycles. The SMILES string of the molecule is CC(=O)Oc1c(-c2ccc(NC(=O)C(C)C)cc2)c(CC(C)C)nn1-c1ccc(C)cc1. The number of nitrogens with one attached hydrogen (secondary N) is 1. The summed E-state index contributed by atoms with van der Waals surface area (Å²) in [5.41, 5.74) is 5.20. The van der Waals surface area contributed by atoms with Crippen LogP contribution in [0.3, 0.4) is 0 Å². The summed E-state index contributed by atoms with van der Waals surface area (Å²) in [6, 6.07) is 15.5. The van der Waals surface area contributed by atoms with E-state index in [2.05, 4.69) is 19.2 Å². The van der Waals surface area contributed by atoms with Crippen LogP contribution in [0, 0.1) is 18.8 Å². The first-order valence-corrected chi connectivity index (χ1v) is 10.9. The van der Waals surface area contributed by atoms with Gasteiger partial charge in [0.2, 0.25) is 11.8 Å². The van der Waals surface area contributed by atoms with Gasteiger partial charge in [0.05, 0.1) is 16.9 Å². The van der Waals surface area contributed by atoms with Crippen molar-refractivity contribution in [1.82, 2.24) is 9.78 Å². The highest BCUT2D eigenvalue weighted by atomic mass is 16.5. The van der Waals surface area contributed by atoms with Gasteiger partial charge in [0.15, 0.2) is 0 Å². The van der Waals surface area contributed by atoms with E-state index in [1.54, 1.807) is 4.68 Å². The van der Waals surface area contributed by atoms with Crippen LogP contribution in [0.5, 0.6) is 5.88 Å².